The normalized spacial score (nSPS) is 12.1. The maximum atomic E-state index is 12.6. The van der Waals surface area contributed by atoms with Gasteiger partial charge in [0.15, 0.2) is 0 Å². The van der Waals surface area contributed by atoms with Crippen LogP contribution < -0.4 is 20.7 Å². The Hall–Kier alpha value is -3.23. The highest BCUT2D eigenvalue weighted by Gasteiger charge is 2.30. The molecule has 2 rings (SSSR count). The van der Waals surface area contributed by atoms with Gasteiger partial charge < -0.3 is 20.7 Å². The van der Waals surface area contributed by atoms with Crippen molar-refractivity contribution in [2.75, 3.05) is 23.1 Å². The predicted octanol–water partition coefficient (Wildman–Crippen LogP) is 4.11. The van der Waals surface area contributed by atoms with Gasteiger partial charge >= 0.3 is 6.18 Å². The van der Waals surface area contributed by atoms with Crippen molar-refractivity contribution in [3.63, 3.8) is 0 Å². The van der Waals surface area contributed by atoms with Gasteiger partial charge in [-0.1, -0.05) is 0 Å². The largest absolute Gasteiger partial charge is 0.495 e. The summed E-state index contributed by atoms with van der Waals surface area (Å²) in [5.74, 6) is -0.237. The molecule has 6 nitrogen and oxygen atoms in total. The molecule has 2 aromatic rings. The number of hydrogen-bond acceptors (Lipinski definition) is 4. The van der Waals surface area contributed by atoms with Gasteiger partial charge in [-0.2, -0.15) is 13.2 Å². The van der Waals surface area contributed by atoms with Gasteiger partial charge in [-0.15, -0.1) is 0 Å². The summed E-state index contributed by atoms with van der Waals surface area (Å²) in [4.78, 5) is 23.6. The fourth-order valence-corrected chi connectivity index (χ4v) is 2.39. The molecule has 0 aliphatic heterocycles. The van der Waals surface area contributed by atoms with Gasteiger partial charge in [-0.25, -0.2) is 0 Å². The van der Waals surface area contributed by atoms with Crippen molar-refractivity contribution in [2.24, 2.45) is 0 Å². The van der Waals surface area contributed by atoms with E-state index in [2.05, 4.69) is 16.0 Å². The summed E-state index contributed by atoms with van der Waals surface area (Å²) in [5, 5.41) is 8.14. The summed E-state index contributed by atoms with van der Waals surface area (Å²) in [7, 11) is 1.46. The van der Waals surface area contributed by atoms with Gasteiger partial charge in [0.1, 0.15) is 11.8 Å². The molecule has 0 fully saturated rings. The molecule has 0 saturated carbocycles. The zero-order valence-corrected chi connectivity index (χ0v) is 15.5. The second-order valence-corrected chi connectivity index (χ2v) is 6.03. The van der Waals surface area contributed by atoms with Crippen LogP contribution in [0.15, 0.2) is 42.5 Å². The zero-order chi connectivity index (χ0) is 20.9. The van der Waals surface area contributed by atoms with Gasteiger partial charge in [-0.05, 0) is 49.4 Å². The predicted molar refractivity (Wildman–Crippen MR) is 100 cm³/mol. The molecule has 3 N–H and O–H groups in total. The Morgan fingerprint density at radius 2 is 1.61 bits per heavy atom. The highest BCUT2D eigenvalue weighted by atomic mass is 19.4. The lowest BCUT2D eigenvalue weighted by molar-refractivity contribution is -0.137. The number of ether oxygens (including phenoxy) is 1. The number of hydrogen-bond donors (Lipinski definition) is 3. The minimum absolute atomic E-state index is 0.241. The lowest BCUT2D eigenvalue weighted by Crippen LogP contribution is -2.32. The Kier molecular flexibility index (Phi) is 6.50. The number of methoxy groups -OCH3 is 1. The molecule has 0 aromatic heterocycles. The quantitative estimate of drug-likeness (QED) is 0.688. The first-order chi connectivity index (χ1) is 13.1. The molecule has 0 heterocycles. The van der Waals surface area contributed by atoms with Crippen LogP contribution in [0.4, 0.5) is 30.2 Å². The molecule has 0 unspecified atom stereocenters. The first-order valence-electron chi connectivity index (χ1n) is 8.30. The summed E-state index contributed by atoms with van der Waals surface area (Å²) < 4.78 is 43.0. The average molecular weight is 395 g/mol. The minimum Gasteiger partial charge on any atom is -0.495 e. The number of carbonyl (C=O) groups excluding carboxylic acids is 2. The SMILES string of the molecule is COc1ccc(NC(C)=O)cc1N[C@H](C)C(=O)Nc1ccc(C(F)(F)F)cc1. The van der Waals surface area contributed by atoms with Crippen molar-refractivity contribution >= 4 is 28.9 Å². The van der Waals surface area contributed by atoms with E-state index in [0.717, 1.165) is 12.1 Å². The summed E-state index contributed by atoms with van der Waals surface area (Å²) >= 11 is 0. The fourth-order valence-electron chi connectivity index (χ4n) is 2.39. The highest BCUT2D eigenvalue weighted by molar-refractivity contribution is 5.96. The lowest BCUT2D eigenvalue weighted by Gasteiger charge is -2.18. The third-order valence-corrected chi connectivity index (χ3v) is 3.76. The van der Waals surface area contributed by atoms with Gasteiger partial charge in [0, 0.05) is 18.3 Å². The number of halogens is 3. The summed E-state index contributed by atoms with van der Waals surface area (Å²) in [5.41, 5.74) is 0.441. The molecule has 0 saturated heterocycles. The molecule has 0 aliphatic rings. The van der Waals surface area contributed by atoms with E-state index >= 15 is 0 Å². The maximum absolute atomic E-state index is 12.6. The van der Waals surface area contributed by atoms with Crippen LogP contribution in [0.3, 0.4) is 0 Å². The standard InChI is InChI=1S/C19H20F3N3O3/c1-11(18(27)25-14-6-4-13(5-7-14)19(20,21)22)23-16-10-15(24-12(2)26)8-9-17(16)28-3/h4-11,23H,1-3H3,(H,24,26)(H,25,27)/t11-/m1/s1. The van der Waals surface area contributed by atoms with Crippen molar-refractivity contribution in [3.05, 3.63) is 48.0 Å². The van der Waals surface area contributed by atoms with Gasteiger partial charge in [-0.3, -0.25) is 9.59 Å². The second kappa shape index (κ2) is 8.64. The Bertz CT molecular complexity index is 852. The Morgan fingerprint density at radius 3 is 2.14 bits per heavy atom. The van der Waals surface area contributed by atoms with Crippen LogP contribution in [-0.2, 0) is 15.8 Å². The van der Waals surface area contributed by atoms with Crippen molar-refractivity contribution in [1.29, 1.82) is 0 Å². The van der Waals surface area contributed by atoms with Gasteiger partial charge in [0.2, 0.25) is 11.8 Å². The molecule has 28 heavy (non-hydrogen) atoms. The lowest BCUT2D eigenvalue weighted by atomic mass is 10.2. The summed E-state index contributed by atoms with van der Waals surface area (Å²) in [6.45, 7) is 2.96. The van der Waals surface area contributed by atoms with Crippen LogP contribution in [0, 0.1) is 0 Å². The summed E-state index contributed by atoms with van der Waals surface area (Å²) in [6, 6.07) is 8.33. The van der Waals surface area contributed by atoms with E-state index in [1.165, 1.54) is 26.2 Å². The topological polar surface area (TPSA) is 79.5 Å². The van der Waals surface area contributed by atoms with Crippen molar-refractivity contribution in [2.45, 2.75) is 26.1 Å². The molecule has 2 amide bonds. The highest BCUT2D eigenvalue weighted by Crippen LogP contribution is 2.30. The van der Waals surface area contributed by atoms with Crippen LogP contribution in [0.25, 0.3) is 0 Å². The Labute approximate surface area is 160 Å². The van der Waals surface area contributed by atoms with Gasteiger partial charge in [0.25, 0.3) is 0 Å². The third kappa shape index (κ3) is 5.63. The van der Waals surface area contributed by atoms with Gasteiger partial charge in [0.05, 0.1) is 18.4 Å². The average Bonchev–Trinajstić information content (AvgIpc) is 2.61. The molecule has 9 heteroatoms. The number of amides is 2. The number of alkyl halides is 3. The second-order valence-electron chi connectivity index (χ2n) is 6.03. The molecular weight excluding hydrogens is 375 g/mol. The Balaban J connectivity index is 2.08. The van der Waals surface area contributed by atoms with E-state index in [4.69, 9.17) is 4.74 Å². The summed E-state index contributed by atoms with van der Waals surface area (Å²) in [6.07, 6.45) is -4.44. The van der Waals surface area contributed by atoms with Crippen molar-refractivity contribution in [1.82, 2.24) is 0 Å². The first kappa shape index (κ1) is 21.1. The van der Waals surface area contributed by atoms with Crippen LogP contribution in [-0.4, -0.2) is 25.0 Å². The number of benzene rings is 2. The molecule has 2 aromatic carbocycles. The number of rotatable bonds is 6. The van der Waals surface area contributed by atoms with Crippen LogP contribution >= 0.6 is 0 Å². The van der Waals surface area contributed by atoms with E-state index in [1.807, 2.05) is 0 Å². The number of carbonyl (C=O) groups is 2. The Morgan fingerprint density at radius 1 is 1.00 bits per heavy atom. The van der Waals surface area contributed by atoms with E-state index in [1.54, 1.807) is 25.1 Å². The van der Waals surface area contributed by atoms with E-state index in [-0.39, 0.29) is 11.6 Å². The molecule has 1 atom stereocenters. The van der Waals surface area contributed by atoms with Crippen molar-refractivity contribution in [3.8, 4) is 5.75 Å². The van der Waals surface area contributed by atoms with Crippen LogP contribution in [0.1, 0.15) is 19.4 Å². The minimum atomic E-state index is -4.44. The van der Waals surface area contributed by atoms with Crippen LogP contribution in [0.5, 0.6) is 5.75 Å². The van der Waals surface area contributed by atoms with E-state index in [9.17, 15) is 22.8 Å². The molecule has 0 bridgehead atoms. The van der Waals surface area contributed by atoms with Crippen molar-refractivity contribution < 1.29 is 27.5 Å². The fraction of sp³-hybridized carbons (Fsp3) is 0.263. The number of anilines is 3. The molecule has 0 radical (unpaired) electrons. The monoisotopic (exact) mass is 395 g/mol. The molecule has 0 aliphatic carbocycles. The molecule has 150 valence electrons. The van der Waals surface area contributed by atoms with Crippen LogP contribution in [0.2, 0.25) is 0 Å². The zero-order valence-electron chi connectivity index (χ0n) is 15.5. The smallest absolute Gasteiger partial charge is 0.416 e. The maximum Gasteiger partial charge on any atom is 0.416 e. The van der Waals surface area contributed by atoms with E-state index < -0.39 is 23.7 Å². The first-order valence-corrected chi connectivity index (χ1v) is 8.30. The third-order valence-electron chi connectivity index (χ3n) is 3.76. The number of nitrogens with one attached hydrogen (secondary N) is 3. The molecular formula is C19H20F3N3O3. The molecule has 0 spiro atoms. The van der Waals surface area contributed by atoms with E-state index in [0.29, 0.717) is 17.1 Å².